The number of benzene rings is 3. The number of nitrogens with zero attached hydrogens (tertiary/aromatic N) is 2. The van der Waals surface area contributed by atoms with Gasteiger partial charge in [0.25, 0.3) is 0 Å². The van der Waals surface area contributed by atoms with Gasteiger partial charge < -0.3 is 0 Å². The van der Waals surface area contributed by atoms with Gasteiger partial charge in [0.2, 0.25) is 10.0 Å². The second-order valence-electron chi connectivity index (χ2n) is 7.19. The summed E-state index contributed by atoms with van der Waals surface area (Å²) in [5.74, 6) is 0. The molecule has 152 valence electrons. The van der Waals surface area contributed by atoms with Gasteiger partial charge in [-0.1, -0.05) is 41.4 Å². The molecule has 0 radical (unpaired) electrons. The summed E-state index contributed by atoms with van der Waals surface area (Å²) in [4.78, 5) is 0.0567. The molecule has 0 unspecified atom stereocenters. The van der Waals surface area contributed by atoms with Crippen molar-refractivity contribution < 1.29 is 8.42 Å². The molecule has 3 aromatic carbocycles. The topological polar surface area (TPSA) is 78.0 Å². The Morgan fingerprint density at radius 1 is 0.900 bits per heavy atom. The number of aryl methyl sites for hydroxylation is 2. The van der Waals surface area contributed by atoms with E-state index in [1.54, 1.807) is 16.8 Å². The molecule has 0 atom stereocenters. The van der Waals surface area contributed by atoms with Crippen molar-refractivity contribution in [1.82, 2.24) is 9.78 Å². The lowest BCUT2D eigenvalue weighted by atomic mass is 10.0. The van der Waals surface area contributed by atoms with E-state index >= 15 is 0 Å². The van der Waals surface area contributed by atoms with E-state index in [0.29, 0.717) is 5.02 Å². The van der Waals surface area contributed by atoms with E-state index in [-0.39, 0.29) is 4.90 Å². The third-order valence-corrected chi connectivity index (χ3v) is 6.11. The van der Waals surface area contributed by atoms with Gasteiger partial charge in [-0.15, -0.1) is 0 Å². The normalized spacial score (nSPS) is 11.6. The number of nitrogens with two attached hydrogens (primary N) is 1. The molecular weight excluding hydrogens is 418 g/mol. The predicted molar refractivity (Wildman–Crippen MR) is 120 cm³/mol. The molecule has 0 aliphatic rings. The Hall–Kier alpha value is -2.93. The average molecular weight is 438 g/mol. The van der Waals surface area contributed by atoms with E-state index in [2.05, 4.69) is 25.1 Å². The second kappa shape index (κ2) is 7.72. The van der Waals surface area contributed by atoms with Gasteiger partial charge in [0.1, 0.15) is 0 Å². The van der Waals surface area contributed by atoms with Gasteiger partial charge in [0.05, 0.1) is 22.0 Å². The summed E-state index contributed by atoms with van der Waals surface area (Å²) in [6.07, 6.45) is 0. The summed E-state index contributed by atoms with van der Waals surface area (Å²) in [5.41, 5.74) is 6.68. The van der Waals surface area contributed by atoms with Gasteiger partial charge in [-0.3, -0.25) is 0 Å². The summed E-state index contributed by atoms with van der Waals surface area (Å²) < 4.78 is 25.0. The fourth-order valence-corrected chi connectivity index (χ4v) is 3.97. The van der Waals surface area contributed by atoms with E-state index in [1.165, 1.54) is 12.1 Å². The van der Waals surface area contributed by atoms with E-state index in [9.17, 15) is 8.42 Å². The molecule has 0 aliphatic carbocycles. The van der Waals surface area contributed by atoms with E-state index in [4.69, 9.17) is 21.8 Å². The van der Waals surface area contributed by atoms with Crippen LogP contribution < -0.4 is 5.14 Å². The molecule has 0 amide bonds. The van der Waals surface area contributed by atoms with Gasteiger partial charge in [0.15, 0.2) is 0 Å². The molecule has 2 N–H and O–H groups in total. The maximum absolute atomic E-state index is 11.6. The molecule has 4 aromatic rings. The van der Waals surface area contributed by atoms with Crippen molar-refractivity contribution in [3.8, 4) is 28.2 Å². The van der Waals surface area contributed by atoms with E-state index in [0.717, 1.165) is 39.3 Å². The molecular formula is C23H20ClN3O2S. The first-order valence-corrected chi connectivity index (χ1v) is 11.2. The molecule has 0 spiro atoms. The fourth-order valence-electron chi connectivity index (χ4n) is 3.32. The number of hydrogen-bond acceptors (Lipinski definition) is 3. The van der Waals surface area contributed by atoms with Gasteiger partial charge in [-0.25, -0.2) is 18.2 Å². The van der Waals surface area contributed by atoms with E-state index < -0.39 is 10.0 Å². The summed E-state index contributed by atoms with van der Waals surface area (Å²) in [6, 6.07) is 22.2. The highest BCUT2D eigenvalue weighted by Gasteiger charge is 2.16. The van der Waals surface area contributed by atoms with Crippen LogP contribution in [0.4, 0.5) is 0 Å². The van der Waals surface area contributed by atoms with Crippen LogP contribution in [0, 0.1) is 13.8 Å². The Morgan fingerprint density at radius 2 is 1.57 bits per heavy atom. The molecule has 0 saturated carbocycles. The molecule has 5 nitrogen and oxygen atoms in total. The zero-order valence-corrected chi connectivity index (χ0v) is 18.1. The third-order valence-electron chi connectivity index (χ3n) is 4.93. The summed E-state index contributed by atoms with van der Waals surface area (Å²) >= 11 is 6.06. The lowest BCUT2D eigenvalue weighted by molar-refractivity contribution is 0.598. The Kier molecular flexibility index (Phi) is 5.24. The van der Waals surface area contributed by atoms with Crippen LogP contribution in [0.1, 0.15) is 11.1 Å². The minimum atomic E-state index is -3.76. The zero-order valence-electron chi connectivity index (χ0n) is 16.5. The summed E-state index contributed by atoms with van der Waals surface area (Å²) in [6.45, 7) is 4.10. The SMILES string of the molecule is Cc1ccc(C)c(-c2cc(-c3ccc(Cl)cc3)n(-c3ccc(S(N)(=O)=O)cc3)n2)c1. The van der Waals surface area contributed by atoms with Crippen LogP contribution in [0.3, 0.4) is 0 Å². The average Bonchev–Trinajstić information content (AvgIpc) is 3.15. The van der Waals surface area contributed by atoms with Crippen molar-refractivity contribution in [3.05, 3.63) is 88.9 Å². The van der Waals surface area contributed by atoms with Gasteiger partial charge >= 0.3 is 0 Å². The Balaban J connectivity index is 1.91. The molecule has 0 aliphatic heterocycles. The number of halogens is 1. The maximum Gasteiger partial charge on any atom is 0.238 e. The summed E-state index contributed by atoms with van der Waals surface area (Å²) in [5, 5.41) is 10.7. The Bertz CT molecular complexity index is 1330. The third kappa shape index (κ3) is 4.03. The number of sulfonamides is 1. The number of rotatable bonds is 4. The van der Waals surface area contributed by atoms with Gasteiger partial charge in [0, 0.05) is 16.1 Å². The van der Waals surface area contributed by atoms with Crippen LogP contribution in [0.2, 0.25) is 5.02 Å². The minimum absolute atomic E-state index is 0.0567. The predicted octanol–water partition coefficient (Wildman–Crippen LogP) is 5.12. The molecule has 1 heterocycles. The van der Waals surface area contributed by atoms with Crippen LogP contribution >= 0.6 is 11.6 Å². The quantitative estimate of drug-likeness (QED) is 0.481. The molecule has 4 rings (SSSR count). The standard InChI is InChI=1S/C23H20ClN3O2S/c1-15-3-4-16(2)21(13-15)22-14-23(17-5-7-18(24)8-6-17)27(26-22)19-9-11-20(12-10-19)30(25,28)29/h3-14H,1-2H3,(H2,25,28,29). The van der Waals surface area contributed by atoms with Crippen molar-refractivity contribution in [2.45, 2.75) is 18.7 Å². The largest absolute Gasteiger partial charge is 0.238 e. The van der Waals surface area contributed by atoms with Crippen LogP contribution in [0.15, 0.2) is 77.7 Å². The zero-order chi connectivity index (χ0) is 21.5. The smallest absolute Gasteiger partial charge is 0.232 e. The molecule has 0 saturated heterocycles. The van der Waals surface area contributed by atoms with E-state index in [1.807, 2.05) is 37.3 Å². The molecule has 30 heavy (non-hydrogen) atoms. The lowest BCUT2D eigenvalue weighted by Gasteiger charge is -2.08. The molecule has 1 aromatic heterocycles. The molecule has 7 heteroatoms. The summed E-state index contributed by atoms with van der Waals surface area (Å²) in [7, 11) is -3.76. The van der Waals surface area contributed by atoms with Crippen molar-refractivity contribution in [2.75, 3.05) is 0 Å². The van der Waals surface area contributed by atoms with Crippen molar-refractivity contribution in [2.24, 2.45) is 5.14 Å². The van der Waals surface area contributed by atoms with Crippen LogP contribution in [0.25, 0.3) is 28.2 Å². The first-order chi connectivity index (χ1) is 14.2. The van der Waals surface area contributed by atoms with Gasteiger partial charge in [-0.2, -0.15) is 5.10 Å². The van der Waals surface area contributed by atoms with Crippen LogP contribution in [-0.2, 0) is 10.0 Å². The number of primary sulfonamides is 1. The minimum Gasteiger partial charge on any atom is -0.232 e. The first kappa shape index (κ1) is 20.3. The van der Waals surface area contributed by atoms with Crippen molar-refractivity contribution >= 4 is 21.6 Å². The Labute approximate surface area is 180 Å². The van der Waals surface area contributed by atoms with Crippen LogP contribution in [0.5, 0.6) is 0 Å². The fraction of sp³-hybridized carbons (Fsp3) is 0.0870. The first-order valence-electron chi connectivity index (χ1n) is 9.29. The molecule has 0 bridgehead atoms. The molecule has 0 fully saturated rings. The van der Waals surface area contributed by atoms with Crippen LogP contribution in [-0.4, -0.2) is 18.2 Å². The van der Waals surface area contributed by atoms with Gasteiger partial charge in [-0.05, 0) is 67.9 Å². The second-order valence-corrected chi connectivity index (χ2v) is 9.19. The Morgan fingerprint density at radius 3 is 2.20 bits per heavy atom. The highest BCUT2D eigenvalue weighted by Crippen LogP contribution is 2.31. The highest BCUT2D eigenvalue weighted by atomic mass is 35.5. The number of aromatic nitrogens is 2. The maximum atomic E-state index is 11.6. The monoisotopic (exact) mass is 437 g/mol. The van der Waals surface area contributed by atoms with Crippen molar-refractivity contribution in [1.29, 1.82) is 0 Å². The lowest BCUT2D eigenvalue weighted by Crippen LogP contribution is -2.12. The highest BCUT2D eigenvalue weighted by molar-refractivity contribution is 7.89. The number of hydrogen-bond donors (Lipinski definition) is 1. The van der Waals surface area contributed by atoms with Crippen molar-refractivity contribution in [3.63, 3.8) is 0 Å².